The third-order valence-electron chi connectivity index (χ3n) is 3.18. The Hall–Kier alpha value is -1.29. The van der Waals surface area contributed by atoms with Crippen molar-refractivity contribution in [3.05, 3.63) is 58.5 Å². The molecule has 0 fully saturated rings. The number of furan rings is 1. The van der Waals surface area contributed by atoms with Crippen molar-refractivity contribution < 1.29 is 4.42 Å². The van der Waals surface area contributed by atoms with Gasteiger partial charge in [0.2, 0.25) is 0 Å². The molecule has 0 saturated heterocycles. The minimum absolute atomic E-state index is 0.773. The van der Waals surface area contributed by atoms with E-state index in [0.29, 0.717) is 0 Å². The van der Waals surface area contributed by atoms with Crippen LogP contribution < -0.4 is 5.32 Å². The summed E-state index contributed by atoms with van der Waals surface area (Å²) in [5, 5.41) is 4.10. The molecule has 0 aliphatic heterocycles. The van der Waals surface area contributed by atoms with Crippen LogP contribution in [0.2, 0.25) is 5.02 Å². The normalized spacial score (nSPS) is 11.2. The lowest BCUT2D eigenvalue weighted by atomic mass is 10.2. The molecule has 3 nitrogen and oxygen atoms in total. The first-order valence-corrected chi connectivity index (χ1v) is 7.25. The Morgan fingerprint density at radius 2 is 1.90 bits per heavy atom. The lowest BCUT2D eigenvalue weighted by Crippen LogP contribution is -2.19. The van der Waals surface area contributed by atoms with Gasteiger partial charge in [-0.05, 0) is 37.4 Å². The Bertz CT molecular complexity index is 522. The molecule has 1 heterocycles. The van der Waals surface area contributed by atoms with Crippen LogP contribution >= 0.6 is 11.6 Å². The number of rotatable bonds is 7. The summed E-state index contributed by atoms with van der Waals surface area (Å²) in [4.78, 5) is 2.23. The summed E-state index contributed by atoms with van der Waals surface area (Å²) < 4.78 is 5.59. The molecule has 0 spiro atoms. The first-order chi connectivity index (χ1) is 9.69. The zero-order valence-corrected chi connectivity index (χ0v) is 12.8. The lowest BCUT2D eigenvalue weighted by molar-refractivity contribution is 0.286. The van der Waals surface area contributed by atoms with E-state index in [9.17, 15) is 0 Å². The second-order valence-electron chi connectivity index (χ2n) is 4.95. The monoisotopic (exact) mass is 292 g/mol. The fraction of sp³-hybridized carbons (Fsp3) is 0.375. The Balaban J connectivity index is 1.92. The number of nitrogens with zero attached hydrogens (tertiary/aromatic N) is 1. The van der Waals surface area contributed by atoms with Crippen molar-refractivity contribution in [3.63, 3.8) is 0 Å². The second kappa shape index (κ2) is 7.48. The van der Waals surface area contributed by atoms with Crippen LogP contribution in [0.15, 0.2) is 41.0 Å². The predicted molar refractivity (Wildman–Crippen MR) is 82.7 cm³/mol. The Morgan fingerprint density at radius 1 is 1.15 bits per heavy atom. The highest BCUT2D eigenvalue weighted by molar-refractivity contribution is 6.30. The van der Waals surface area contributed by atoms with E-state index in [4.69, 9.17) is 16.0 Å². The van der Waals surface area contributed by atoms with Crippen molar-refractivity contribution >= 4 is 11.6 Å². The van der Waals surface area contributed by atoms with Crippen molar-refractivity contribution in [2.75, 3.05) is 13.6 Å². The van der Waals surface area contributed by atoms with E-state index >= 15 is 0 Å². The van der Waals surface area contributed by atoms with Crippen molar-refractivity contribution in [1.82, 2.24) is 10.2 Å². The van der Waals surface area contributed by atoms with Crippen molar-refractivity contribution in [2.45, 2.75) is 26.6 Å². The van der Waals surface area contributed by atoms with Gasteiger partial charge in [-0.1, -0.05) is 30.7 Å². The number of hydrogen-bond acceptors (Lipinski definition) is 3. The van der Waals surface area contributed by atoms with E-state index in [2.05, 4.69) is 36.3 Å². The third kappa shape index (κ3) is 4.37. The first-order valence-electron chi connectivity index (χ1n) is 6.88. The number of halogens is 1. The molecule has 2 aromatic rings. The maximum Gasteiger partial charge on any atom is 0.122 e. The highest BCUT2D eigenvalue weighted by Crippen LogP contribution is 2.15. The largest absolute Gasteiger partial charge is 0.468 e. The predicted octanol–water partition coefficient (Wildman–Crippen LogP) is 3.67. The van der Waals surface area contributed by atoms with Gasteiger partial charge in [-0.15, -0.1) is 0 Å². The maximum atomic E-state index is 5.90. The van der Waals surface area contributed by atoms with Crippen LogP contribution in [0.5, 0.6) is 0 Å². The lowest BCUT2D eigenvalue weighted by Gasteiger charge is -2.16. The molecule has 0 amide bonds. The van der Waals surface area contributed by atoms with Crippen LogP contribution in [0.25, 0.3) is 0 Å². The van der Waals surface area contributed by atoms with Gasteiger partial charge >= 0.3 is 0 Å². The van der Waals surface area contributed by atoms with E-state index in [1.807, 2.05) is 18.2 Å². The molecule has 0 aliphatic carbocycles. The number of nitrogens with one attached hydrogen (secondary N) is 1. The van der Waals surface area contributed by atoms with Gasteiger partial charge in [0, 0.05) is 23.7 Å². The topological polar surface area (TPSA) is 28.4 Å². The molecular formula is C16H21ClN2O. The second-order valence-corrected chi connectivity index (χ2v) is 5.38. The molecule has 0 unspecified atom stereocenters. The molecule has 0 aliphatic rings. The van der Waals surface area contributed by atoms with Crippen LogP contribution in [-0.4, -0.2) is 18.5 Å². The van der Waals surface area contributed by atoms with Crippen LogP contribution in [0, 0.1) is 0 Å². The summed E-state index contributed by atoms with van der Waals surface area (Å²) in [6, 6.07) is 10.00. The first kappa shape index (κ1) is 15.1. The quantitative estimate of drug-likeness (QED) is 0.844. The summed E-state index contributed by atoms with van der Waals surface area (Å²) in [6.45, 7) is 5.60. The van der Waals surface area contributed by atoms with Gasteiger partial charge in [0.25, 0.3) is 0 Å². The van der Waals surface area contributed by atoms with Crippen molar-refractivity contribution in [1.29, 1.82) is 0 Å². The van der Waals surface area contributed by atoms with Crippen LogP contribution in [-0.2, 0) is 19.6 Å². The highest BCUT2D eigenvalue weighted by atomic mass is 35.5. The fourth-order valence-electron chi connectivity index (χ4n) is 2.13. The van der Waals surface area contributed by atoms with Gasteiger partial charge in [-0.3, -0.25) is 4.90 Å². The SMILES string of the molecule is CCNCc1ccoc1CN(C)Cc1ccc(Cl)cc1. The third-order valence-corrected chi connectivity index (χ3v) is 3.43. The minimum Gasteiger partial charge on any atom is -0.468 e. The molecule has 1 aromatic carbocycles. The van der Waals surface area contributed by atoms with Gasteiger partial charge in [-0.2, -0.15) is 0 Å². The zero-order valence-electron chi connectivity index (χ0n) is 12.0. The van der Waals surface area contributed by atoms with E-state index in [1.54, 1.807) is 6.26 Å². The van der Waals surface area contributed by atoms with Crippen molar-refractivity contribution in [3.8, 4) is 0 Å². The number of hydrogen-bond donors (Lipinski definition) is 1. The summed E-state index contributed by atoms with van der Waals surface area (Å²) in [7, 11) is 2.09. The molecule has 0 atom stereocenters. The molecule has 1 aromatic heterocycles. The van der Waals surface area contributed by atoms with E-state index in [1.165, 1.54) is 11.1 Å². The zero-order chi connectivity index (χ0) is 14.4. The molecule has 0 bridgehead atoms. The van der Waals surface area contributed by atoms with E-state index in [-0.39, 0.29) is 0 Å². The highest BCUT2D eigenvalue weighted by Gasteiger charge is 2.09. The molecule has 20 heavy (non-hydrogen) atoms. The maximum absolute atomic E-state index is 5.90. The standard InChI is InChI=1S/C16H21ClN2O/c1-3-18-10-14-8-9-20-16(14)12-19(2)11-13-4-6-15(17)7-5-13/h4-9,18H,3,10-12H2,1-2H3. The Kier molecular flexibility index (Phi) is 5.65. The average Bonchev–Trinajstić information content (AvgIpc) is 2.86. The summed E-state index contributed by atoms with van der Waals surface area (Å²) in [6.07, 6.45) is 1.76. The summed E-state index contributed by atoms with van der Waals surface area (Å²) in [5.74, 6) is 1.03. The van der Waals surface area contributed by atoms with Crippen LogP contribution in [0.3, 0.4) is 0 Å². The van der Waals surface area contributed by atoms with Gasteiger partial charge in [0.05, 0.1) is 12.8 Å². The molecule has 108 valence electrons. The molecule has 1 N–H and O–H groups in total. The van der Waals surface area contributed by atoms with Crippen LogP contribution in [0.4, 0.5) is 0 Å². The van der Waals surface area contributed by atoms with Gasteiger partial charge in [0.15, 0.2) is 0 Å². The molecule has 0 saturated carbocycles. The average molecular weight is 293 g/mol. The molecular weight excluding hydrogens is 272 g/mol. The summed E-state index contributed by atoms with van der Waals surface area (Å²) in [5.41, 5.74) is 2.48. The Labute approximate surface area is 125 Å². The smallest absolute Gasteiger partial charge is 0.122 e. The molecule has 2 rings (SSSR count). The van der Waals surface area contributed by atoms with Gasteiger partial charge < -0.3 is 9.73 Å². The minimum atomic E-state index is 0.773. The van der Waals surface area contributed by atoms with Gasteiger partial charge in [-0.25, -0.2) is 0 Å². The number of benzene rings is 1. The fourth-order valence-corrected chi connectivity index (χ4v) is 2.25. The molecule has 0 radical (unpaired) electrons. The van der Waals surface area contributed by atoms with Crippen LogP contribution in [0.1, 0.15) is 23.8 Å². The Morgan fingerprint density at radius 3 is 2.60 bits per heavy atom. The van der Waals surface area contributed by atoms with E-state index < -0.39 is 0 Å². The van der Waals surface area contributed by atoms with Crippen molar-refractivity contribution in [2.24, 2.45) is 0 Å². The molecule has 4 heteroatoms. The summed E-state index contributed by atoms with van der Waals surface area (Å²) >= 11 is 5.90. The van der Waals surface area contributed by atoms with E-state index in [0.717, 1.165) is 37.0 Å². The van der Waals surface area contributed by atoms with Gasteiger partial charge in [0.1, 0.15) is 5.76 Å².